The number of carbonyl (C=O) groups excluding carboxylic acids is 2. The summed E-state index contributed by atoms with van der Waals surface area (Å²) in [4.78, 5) is 28.1. The zero-order valence-electron chi connectivity index (χ0n) is 10.7. The second-order valence-electron chi connectivity index (χ2n) is 5.28. The van der Waals surface area contributed by atoms with Gasteiger partial charge in [-0.05, 0) is 12.8 Å². The number of imide groups is 1. The lowest BCUT2D eigenvalue weighted by atomic mass is 9.85. The molecule has 0 saturated carbocycles. The van der Waals surface area contributed by atoms with Crippen LogP contribution in [0.25, 0.3) is 0 Å². The van der Waals surface area contributed by atoms with E-state index in [9.17, 15) is 9.59 Å². The molecule has 2 heterocycles. The van der Waals surface area contributed by atoms with Crippen molar-refractivity contribution in [3.05, 3.63) is 11.1 Å². The predicted octanol–water partition coefficient (Wildman–Crippen LogP) is 0.794. The van der Waals surface area contributed by atoms with Crippen molar-refractivity contribution >= 4 is 23.4 Å². The maximum Gasteiger partial charge on any atom is 0.234 e. The maximum absolute atomic E-state index is 12.3. The van der Waals surface area contributed by atoms with Gasteiger partial charge in [0.25, 0.3) is 0 Å². The molecule has 0 aromatic rings. The Hall–Kier alpha value is -0.910. The third kappa shape index (κ3) is 2.42. The van der Waals surface area contributed by atoms with E-state index in [-0.39, 0.29) is 23.7 Å². The van der Waals surface area contributed by atoms with Crippen LogP contribution in [0.2, 0.25) is 0 Å². The van der Waals surface area contributed by atoms with Crippen molar-refractivity contribution < 1.29 is 14.3 Å². The fraction of sp³-hybridized carbons (Fsp3) is 0.692. The van der Waals surface area contributed by atoms with Crippen LogP contribution in [0, 0.1) is 11.8 Å². The maximum atomic E-state index is 12.3. The lowest BCUT2D eigenvalue weighted by molar-refractivity contribution is -0.143. The summed E-state index contributed by atoms with van der Waals surface area (Å²) in [6.45, 7) is 3.26. The zero-order valence-corrected chi connectivity index (χ0v) is 11.4. The van der Waals surface area contributed by atoms with Crippen molar-refractivity contribution in [2.24, 2.45) is 11.8 Å². The normalized spacial score (nSPS) is 32.5. The molecule has 0 aromatic carbocycles. The molecule has 0 bridgehead atoms. The second-order valence-corrected chi connectivity index (χ2v) is 5.77. The fourth-order valence-electron chi connectivity index (χ4n) is 2.98. The van der Waals surface area contributed by atoms with Gasteiger partial charge < -0.3 is 4.74 Å². The molecule has 104 valence electrons. The number of likely N-dealkylation sites (tertiary alicyclic amines) is 1. The average molecular weight is 285 g/mol. The standard InChI is InChI=1S/C13H17ClN2O3/c14-9-1-2-10-11(7-9)13(18)16(12(10)17)8-15-3-5-19-6-4-15/h1,10-11H,2-8H2. The first-order valence-corrected chi connectivity index (χ1v) is 7.04. The highest BCUT2D eigenvalue weighted by Gasteiger charge is 2.48. The molecule has 2 fully saturated rings. The van der Waals surface area contributed by atoms with Gasteiger partial charge in [-0.1, -0.05) is 17.7 Å². The first-order chi connectivity index (χ1) is 9.16. The van der Waals surface area contributed by atoms with Crippen LogP contribution in [0.1, 0.15) is 12.8 Å². The number of halogens is 1. The second kappa shape index (κ2) is 5.23. The molecule has 0 aromatic heterocycles. The van der Waals surface area contributed by atoms with Crippen molar-refractivity contribution in [2.45, 2.75) is 12.8 Å². The molecule has 2 atom stereocenters. The number of hydrogen-bond acceptors (Lipinski definition) is 4. The van der Waals surface area contributed by atoms with Crippen LogP contribution < -0.4 is 0 Å². The SMILES string of the molecule is O=C1C2CC=C(Cl)CC2C(=O)N1CN1CCOCC1. The number of carbonyl (C=O) groups is 2. The molecule has 0 radical (unpaired) electrons. The molecule has 1 aliphatic carbocycles. The highest BCUT2D eigenvalue weighted by Crippen LogP contribution is 2.38. The largest absolute Gasteiger partial charge is 0.379 e. The monoisotopic (exact) mass is 284 g/mol. The molecule has 6 heteroatoms. The van der Waals surface area contributed by atoms with Crippen LogP contribution in [-0.4, -0.2) is 54.6 Å². The minimum atomic E-state index is -0.244. The fourth-order valence-corrected chi connectivity index (χ4v) is 3.23. The highest BCUT2D eigenvalue weighted by atomic mass is 35.5. The Bertz CT molecular complexity index is 432. The minimum Gasteiger partial charge on any atom is -0.379 e. The van der Waals surface area contributed by atoms with Gasteiger partial charge in [0.1, 0.15) is 0 Å². The molecule has 2 aliphatic heterocycles. The van der Waals surface area contributed by atoms with Gasteiger partial charge in [0, 0.05) is 18.1 Å². The van der Waals surface area contributed by atoms with E-state index in [0.29, 0.717) is 37.8 Å². The number of nitrogens with zero attached hydrogens (tertiary/aromatic N) is 2. The molecular weight excluding hydrogens is 268 g/mol. The Labute approximate surface area is 117 Å². The highest BCUT2D eigenvalue weighted by molar-refractivity contribution is 6.30. The number of fused-ring (bicyclic) bond motifs is 1. The molecule has 0 N–H and O–H groups in total. The van der Waals surface area contributed by atoms with Crippen molar-refractivity contribution in [1.29, 1.82) is 0 Å². The molecule has 19 heavy (non-hydrogen) atoms. The average Bonchev–Trinajstić information content (AvgIpc) is 2.65. The van der Waals surface area contributed by atoms with E-state index in [1.807, 2.05) is 6.08 Å². The van der Waals surface area contributed by atoms with E-state index in [0.717, 1.165) is 13.1 Å². The van der Waals surface area contributed by atoms with Crippen molar-refractivity contribution in [2.75, 3.05) is 33.0 Å². The van der Waals surface area contributed by atoms with Gasteiger partial charge in [0.05, 0.1) is 31.7 Å². The number of ether oxygens (including phenoxy) is 1. The van der Waals surface area contributed by atoms with Gasteiger partial charge >= 0.3 is 0 Å². The smallest absolute Gasteiger partial charge is 0.234 e. The van der Waals surface area contributed by atoms with Crippen molar-refractivity contribution in [3.63, 3.8) is 0 Å². The number of allylic oxidation sites excluding steroid dienone is 2. The minimum absolute atomic E-state index is 0.0399. The van der Waals surface area contributed by atoms with Gasteiger partial charge in [-0.25, -0.2) is 0 Å². The van der Waals surface area contributed by atoms with E-state index in [4.69, 9.17) is 16.3 Å². The molecular formula is C13H17ClN2O3. The van der Waals surface area contributed by atoms with Gasteiger partial charge in [-0.3, -0.25) is 19.4 Å². The predicted molar refractivity (Wildman–Crippen MR) is 69.3 cm³/mol. The summed E-state index contributed by atoms with van der Waals surface area (Å²) in [7, 11) is 0. The third-order valence-corrected chi connectivity index (χ3v) is 4.41. The van der Waals surface area contributed by atoms with Gasteiger partial charge in [0.15, 0.2) is 0 Å². The van der Waals surface area contributed by atoms with E-state index in [2.05, 4.69) is 4.90 Å². The van der Waals surface area contributed by atoms with Crippen LogP contribution >= 0.6 is 11.6 Å². The summed E-state index contributed by atoms with van der Waals surface area (Å²) in [6, 6.07) is 0. The summed E-state index contributed by atoms with van der Waals surface area (Å²) in [6.07, 6.45) is 2.97. The molecule has 5 nitrogen and oxygen atoms in total. The van der Waals surface area contributed by atoms with E-state index in [1.165, 1.54) is 4.90 Å². The van der Waals surface area contributed by atoms with Gasteiger partial charge in [-0.2, -0.15) is 0 Å². The molecule has 3 aliphatic rings. The Kier molecular flexibility index (Phi) is 3.60. The lowest BCUT2D eigenvalue weighted by Crippen LogP contribution is -2.46. The lowest BCUT2D eigenvalue weighted by Gasteiger charge is -2.29. The Morgan fingerprint density at radius 3 is 2.63 bits per heavy atom. The summed E-state index contributed by atoms with van der Waals surface area (Å²) < 4.78 is 5.27. The summed E-state index contributed by atoms with van der Waals surface area (Å²) in [5.41, 5.74) is 0. The topological polar surface area (TPSA) is 49.9 Å². The molecule has 3 rings (SSSR count). The first kappa shape index (κ1) is 13.1. The Morgan fingerprint density at radius 2 is 1.89 bits per heavy atom. The van der Waals surface area contributed by atoms with Crippen LogP contribution in [0.15, 0.2) is 11.1 Å². The number of hydrogen-bond donors (Lipinski definition) is 0. The Morgan fingerprint density at radius 1 is 1.21 bits per heavy atom. The van der Waals surface area contributed by atoms with E-state index < -0.39 is 0 Å². The quantitative estimate of drug-likeness (QED) is 0.704. The van der Waals surface area contributed by atoms with Crippen LogP contribution in [0.3, 0.4) is 0 Å². The molecule has 2 unspecified atom stereocenters. The molecule has 0 spiro atoms. The first-order valence-electron chi connectivity index (χ1n) is 6.66. The van der Waals surface area contributed by atoms with Crippen LogP contribution in [0.4, 0.5) is 0 Å². The number of amides is 2. The molecule has 2 saturated heterocycles. The van der Waals surface area contributed by atoms with E-state index in [1.54, 1.807) is 0 Å². The van der Waals surface area contributed by atoms with Crippen molar-refractivity contribution in [1.82, 2.24) is 9.80 Å². The third-order valence-electron chi connectivity index (χ3n) is 4.11. The van der Waals surface area contributed by atoms with Crippen LogP contribution in [0.5, 0.6) is 0 Å². The summed E-state index contributed by atoms with van der Waals surface area (Å²) >= 11 is 5.99. The molecule has 2 amide bonds. The number of morpholine rings is 1. The summed E-state index contributed by atoms with van der Waals surface area (Å²) in [5, 5.41) is 0.704. The van der Waals surface area contributed by atoms with Gasteiger partial charge in [0.2, 0.25) is 11.8 Å². The Balaban J connectivity index is 1.70. The van der Waals surface area contributed by atoms with Crippen LogP contribution in [-0.2, 0) is 14.3 Å². The summed E-state index contributed by atoms with van der Waals surface area (Å²) in [5.74, 6) is -0.545. The van der Waals surface area contributed by atoms with Crippen molar-refractivity contribution in [3.8, 4) is 0 Å². The van der Waals surface area contributed by atoms with Gasteiger partial charge in [-0.15, -0.1) is 0 Å². The number of rotatable bonds is 2. The zero-order chi connectivity index (χ0) is 13.4. The van der Waals surface area contributed by atoms with E-state index >= 15 is 0 Å².